The highest BCUT2D eigenvalue weighted by Crippen LogP contribution is 2.33. The Labute approximate surface area is 114 Å². The number of thiophene rings is 1. The molecule has 0 atom stereocenters. The molecule has 1 fully saturated rings. The molecule has 2 rings (SSSR count). The third-order valence-electron chi connectivity index (χ3n) is 2.79. The van der Waals surface area contributed by atoms with E-state index in [1.165, 1.54) is 4.31 Å². The fourth-order valence-electron chi connectivity index (χ4n) is 1.85. The first-order valence-corrected chi connectivity index (χ1v) is 8.07. The van der Waals surface area contributed by atoms with Crippen LogP contribution in [0.3, 0.4) is 0 Å². The number of sulfonamides is 1. The minimum atomic E-state index is -3.62. The van der Waals surface area contributed by atoms with Crippen LogP contribution in [-0.2, 0) is 10.0 Å². The first-order valence-electron chi connectivity index (χ1n) is 5.44. The van der Waals surface area contributed by atoms with Crippen LogP contribution in [0.25, 0.3) is 0 Å². The molecular weight excluding hydrogens is 298 g/mol. The Morgan fingerprint density at radius 2 is 1.94 bits per heavy atom. The summed E-state index contributed by atoms with van der Waals surface area (Å²) in [6.45, 7) is 0.941. The molecule has 0 N–H and O–H groups in total. The molecule has 0 amide bonds. The van der Waals surface area contributed by atoms with Crippen molar-refractivity contribution in [3.05, 3.63) is 16.0 Å². The van der Waals surface area contributed by atoms with Crippen molar-refractivity contribution in [1.29, 1.82) is 0 Å². The quantitative estimate of drug-likeness (QED) is 0.832. The Kier molecular flexibility index (Phi) is 3.96. The van der Waals surface area contributed by atoms with Crippen LogP contribution in [0, 0.1) is 0 Å². The van der Waals surface area contributed by atoms with Gasteiger partial charge in [-0.1, -0.05) is 18.0 Å². The molecule has 5 nitrogen and oxygen atoms in total. The zero-order chi connectivity index (χ0) is 13.3. The van der Waals surface area contributed by atoms with E-state index in [9.17, 15) is 18.3 Å². The Morgan fingerprint density at radius 1 is 1.33 bits per heavy atom. The monoisotopic (exact) mass is 308 g/mol. The SMILES string of the molecule is O=C([O-])c1cc(S(=O)(=O)N2CCCCC2)sc1Cl. The maximum atomic E-state index is 12.2. The summed E-state index contributed by atoms with van der Waals surface area (Å²) in [6, 6.07) is 1.08. The van der Waals surface area contributed by atoms with Gasteiger partial charge in [-0.25, -0.2) is 8.42 Å². The fourth-order valence-corrected chi connectivity index (χ4v) is 5.22. The van der Waals surface area contributed by atoms with Gasteiger partial charge in [0, 0.05) is 18.7 Å². The minimum Gasteiger partial charge on any atom is -0.545 e. The van der Waals surface area contributed by atoms with E-state index in [0.29, 0.717) is 13.1 Å². The van der Waals surface area contributed by atoms with Crippen molar-refractivity contribution >= 4 is 38.9 Å². The highest BCUT2D eigenvalue weighted by Gasteiger charge is 2.28. The maximum Gasteiger partial charge on any atom is 0.252 e. The summed E-state index contributed by atoms with van der Waals surface area (Å²) in [5.74, 6) is -1.46. The molecule has 1 aliphatic rings. The minimum absolute atomic E-state index is 0.0337. The van der Waals surface area contributed by atoms with Gasteiger partial charge < -0.3 is 9.90 Å². The van der Waals surface area contributed by atoms with E-state index in [-0.39, 0.29) is 14.1 Å². The summed E-state index contributed by atoms with van der Waals surface area (Å²) in [7, 11) is -3.62. The molecule has 0 aromatic carbocycles. The Bertz CT molecular complexity index is 560. The van der Waals surface area contributed by atoms with Gasteiger partial charge >= 0.3 is 0 Å². The van der Waals surface area contributed by atoms with Crippen molar-refractivity contribution in [2.75, 3.05) is 13.1 Å². The lowest BCUT2D eigenvalue weighted by atomic mass is 10.2. The van der Waals surface area contributed by atoms with Gasteiger partial charge in [0.2, 0.25) is 0 Å². The van der Waals surface area contributed by atoms with E-state index in [1.807, 2.05) is 0 Å². The third-order valence-corrected chi connectivity index (χ3v) is 6.50. The number of carbonyl (C=O) groups is 1. The van der Waals surface area contributed by atoms with Gasteiger partial charge in [0.05, 0.1) is 5.97 Å². The number of rotatable bonds is 3. The molecule has 0 bridgehead atoms. The second-order valence-corrected chi connectivity index (χ2v) is 7.82. The maximum absolute atomic E-state index is 12.2. The zero-order valence-corrected chi connectivity index (χ0v) is 11.8. The van der Waals surface area contributed by atoms with E-state index in [0.717, 1.165) is 36.7 Å². The first-order chi connectivity index (χ1) is 8.43. The number of piperidine rings is 1. The van der Waals surface area contributed by atoms with Crippen LogP contribution in [0.2, 0.25) is 4.34 Å². The van der Waals surface area contributed by atoms with E-state index < -0.39 is 16.0 Å². The molecular formula is C10H11ClNO4S2-. The van der Waals surface area contributed by atoms with Crippen molar-refractivity contribution < 1.29 is 18.3 Å². The number of hydrogen-bond donors (Lipinski definition) is 0. The topological polar surface area (TPSA) is 77.5 Å². The average molecular weight is 309 g/mol. The van der Waals surface area contributed by atoms with Gasteiger partial charge in [-0.15, -0.1) is 11.3 Å². The molecule has 100 valence electrons. The molecule has 1 saturated heterocycles. The highest BCUT2D eigenvalue weighted by molar-refractivity contribution is 7.91. The lowest BCUT2D eigenvalue weighted by molar-refractivity contribution is -0.255. The van der Waals surface area contributed by atoms with Crippen molar-refractivity contribution in [2.45, 2.75) is 23.5 Å². The van der Waals surface area contributed by atoms with Crippen molar-refractivity contribution in [3.63, 3.8) is 0 Å². The lowest BCUT2D eigenvalue weighted by Crippen LogP contribution is -2.35. The summed E-state index contributed by atoms with van der Waals surface area (Å²) < 4.78 is 25.8. The highest BCUT2D eigenvalue weighted by atomic mass is 35.5. The van der Waals surface area contributed by atoms with Gasteiger partial charge in [0.15, 0.2) is 0 Å². The number of carboxylic acids is 1. The smallest absolute Gasteiger partial charge is 0.252 e. The van der Waals surface area contributed by atoms with Crippen LogP contribution in [0.5, 0.6) is 0 Å². The molecule has 0 spiro atoms. The third kappa shape index (κ3) is 2.54. The summed E-state index contributed by atoms with van der Waals surface area (Å²) in [4.78, 5) is 10.7. The van der Waals surface area contributed by atoms with Gasteiger partial charge in [0.25, 0.3) is 10.0 Å². The number of nitrogens with zero attached hydrogens (tertiary/aromatic N) is 1. The Morgan fingerprint density at radius 3 is 2.44 bits per heavy atom. The van der Waals surface area contributed by atoms with E-state index in [4.69, 9.17) is 11.6 Å². The number of aromatic carboxylic acids is 1. The first kappa shape index (κ1) is 13.8. The summed E-state index contributed by atoms with van der Waals surface area (Å²) >= 11 is 6.46. The van der Waals surface area contributed by atoms with Crippen molar-refractivity contribution in [2.24, 2.45) is 0 Å². The molecule has 8 heteroatoms. The molecule has 0 saturated carbocycles. The molecule has 2 heterocycles. The Hall–Kier alpha value is -0.630. The molecule has 1 aromatic heterocycles. The fraction of sp³-hybridized carbons (Fsp3) is 0.500. The largest absolute Gasteiger partial charge is 0.545 e. The summed E-state index contributed by atoms with van der Waals surface area (Å²) in [5.41, 5.74) is -0.266. The van der Waals surface area contributed by atoms with Gasteiger partial charge in [0.1, 0.15) is 8.55 Å². The molecule has 1 aliphatic heterocycles. The van der Waals surface area contributed by atoms with Crippen molar-refractivity contribution in [1.82, 2.24) is 4.31 Å². The van der Waals surface area contributed by atoms with Gasteiger partial charge in [-0.05, 0) is 18.9 Å². The molecule has 0 aliphatic carbocycles. The summed E-state index contributed by atoms with van der Waals surface area (Å²) in [5, 5.41) is 10.7. The van der Waals surface area contributed by atoms with Gasteiger partial charge in [-0.3, -0.25) is 0 Å². The van der Waals surface area contributed by atoms with Crippen LogP contribution in [0.15, 0.2) is 10.3 Å². The van der Waals surface area contributed by atoms with E-state index >= 15 is 0 Å². The molecule has 0 unspecified atom stereocenters. The number of carboxylic acid groups (broad SMARTS) is 1. The van der Waals surface area contributed by atoms with Crippen LogP contribution in [0.4, 0.5) is 0 Å². The second kappa shape index (κ2) is 5.16. The normalized spacial score (nSPS) is 17.8. The average Bonchev–Trinajstić information content (AvgIpc) is 2.73. The number of carbonyl (C=O) groups excluding carboxylic acids is 1. The van der Waals surface area contributed by atoms with Crippen LogP contribution in [0.1, 0.15) is 29.6 Å². The van der Waals surface area contributed by atoms with Crippen LogP contribution < -0.4 is 5.11 Å². The Balaban J connectivity index is 2.35. The van der Waals surface area contributed by atoms with Gasteiger partial charge in [-0.2, -0.15) is 4.31 Å². The lowest BCUT2D eigenvalue weighted by Gasteiger charge is -2.25. The standard InChI is InChI=1S/C10H12ClNO4S2/c11-9-7(10(13)14)6-8(17-9)18(15,16)12-4-2-1-3-5-12/h6H,1-5H2,(H,13,14)/p-1. The zero-order valence-electron chi connectivity index (χ0n) is 9.39. The van der Waals surface area contributed by atoms with Crippen LogP contribution in [-0.4, -0.2) is 31.8 Å². The molecule has 18 heavy (non-hydrogen) atoms. The van der Waals surface area contributed by atoms with Crippen LogP contribution >= 0.6 is 22.9 Å². The predicted molar refractivity (Wildman–Crippen MR) is 66.3 cm³/mol. The predicted octanol–water partition coefficient (Wildman–Crippen LogP) is 0.940. The number of halogens is 1. The second-order valence-electron chi connectivity index (χ2n) is 4.01. The van der Waals surface area contributed by atoms with Crippen molar-refractivity contribution in [3.8, 4) is 0 Å². The van der Waals surface area contributed by atoms with E-state index in [2.05, 4.69) is 0 Å². The molecule has 1 aromatic rings. The number of hydrogen-bond acceptors (Lipinski definition) is 5. The molecule has 0 radical (unpaired) electrons. The van der Waals surface area contributed by atoms with E-state index in [1.54, 1.807) is 0 Å². The summed E-state index contributed by atoms with van der Waals surface area (Å²) in [6.07, 6.45) is 2.67.